The minimum Gasteiger partial charge on any atom is -0.350 e. The van der Waals surface area contributed by atoms with Crippen LogP contribution in [0.15, 0.2) is 24.3 Å². The summed E-state index contributed by atoms with van der Waals surface area (Å²) in [5, 5.41) is 5.87. The first-order valence-corrected chi connectivity index (χ1v) is 8.23. The molecule has 0 aliphatic carbocycles. The highest BCUT2D eigenvalue weighted by Crippen LogP contribution is 2.14. The number of benzene rings is 1. The van der Waals surface area contributed by atoms with E-state index in [1.165, 1.54) is 0 Å². The van der Waals surface area contributed by atoms with Crippen LogP contribution in [0.3, 0.4) is 0 Å². The third-order valence-corrected chi connectivity index (χ3v) is 3.87. The smallest absolute Gasteiger partial charge is 0.251 e. The Morgan fingerprint density at radius 3 is 2.14 bits per heavy atom. The molecule has 1 aromatic rings. The average molecular weight is 304 g/mol. The Labute approximate surface area is 133 Å². The largest absolute Gasteiger partial charge is 0.350 e. The molecule has 0 saturated heterocycles. The molecule has 0 aromatic heterocycles. The predicted molar refractivity (Wildman–Crippen MR) is 91.0 cm³/mol. The molecule has 0 saturated carbocycles. The number of anilines is 1. The summed E-state index contributed by atoms with van der Waals surface area (Å²) in [4.78, 5) is 24.1. The van der Waals surface area contributed by atoms with Crippen molar-refractivity contribution in [1.29, 1.82) is 0 Å². The van der Waals surface area contributed by atoms with E-state index >= 15 is 0 Å². The van der Waals surface area contributed by atoms with Crippen LogP contribution in [0.25, 0.3) is 0 Å². The van der Waals surface area contributed by atoms with E-state index in [1.807, 2.05) is 20.8 Å². The van der Waals surface area contributed by atoms with Crippen LogP contribution in [0, 0.1) is 5.92 Å². The van der Waals surface area contributed by atoms with Crippen LogP contribution in [0.1, 0.15) is 63.7 Å². The van der Waals surface area contributed by atoms with Crippen molar-refractivity contribution in [1.82, 2.24) is 5.32 Å². The summed E-state index contributed by atoms with van der Waals surface area (Å²) in [6.45, 7) is 8.13. The van der Waals surface area contributed by atoms with Crippen molar-refractivity contribution in [3.8, 4) is 0 Å². The third kappa shape index (κ3) is 5.51. The van der Waals surface area contributed by atoms with E-state index in [1.54, 1.807) is 24.3 Å². The van der Waals surface area contributed by atoms with Crippen molar-refractivity contribution in [2.75, 3.05) is 5.32 Å². The number of carbonyl (C=O) groups is 2. The molecule has 0 aliphatic rings. The van der Waals surface area contributed by atoms with Gasteiger partial charge in [0, 0.05) is 23.2 Å². The SMILES string of the molecule is CCCC(C)NC(=O)c1ccc(NC(=O)C(CC)CC)cc1. The van der Waals surface area contributed by atoms with Crippen LogP contribution in [0.2, 0.25) is 0 Å². The first-order chi connectivity index (χ1) is 10.5. The molecule has 2 amide bonds. The predicted octanol–water partition coefficient (Wildman–Crippen LogP) is 3.98. The van der Waals surface area contributed by atoms with Gasteiger partial charge in [0.05, 0.1) is 0 Å². The molecule has 1 rings (SSSR count). The maximum absolute atomic E-state index is 12.1. The van der Waals surface area contributed by atoms with E-state index in [0.717, 1.165) is 31.4 Å². The van der Waals surface area contributed by atoms with Crippen LogP contribution >= 0.6 is 0 Å². The lowest BCUT2D eigenvalue weighted by atomic mass is 10.0. The Kier molecular flexibility index (Phi) is 7.64. The Hall–Kier alpha value is -1.84. The van der Waals surface area contributed by atoms with Crippen LogP contribution < -0.4 is 10.6 Å². The van der Waals surface area contributed by atoms with Gasteiger partial charge in [-0.05, 0) is 50.5 Å². The van der Waals surface area contributed by atoms with E-state index < -0.39 is 0 Å². The van der Waals surface area contributed by atoms with Crippen LogP contribution in [0.5, 0.6) is 0 Å². The van der Waals surface area contributed by atoms with Crippen molar-refractivity contribution in [3.63, 3.8) is 0 Å². The molecule has 0 heterocycles. The van der Waals surface area contributed by atoms with Crippen molar-refractivity contribution < 1.29 is 9.59 Å². The quantitative estimate of drug-likeness (QED) is 0.763. The average Bonchev–Trinajstić information content (AvgIpc) is 2.49. The molecule has 2 N–H and O–H groups in total. The number of carbonyl (C=O) groups excluding carboxylic acids is 2. The molecule has 1 unspecified atom stereocenters. The summed E-state index contributed by atoms with van der Waals surface area (Å²) < 4.78 is 0. The van der Waals surface area contributed by atoms with Crippen LogP contribution in [0.4, 0.5) is 5.69 Å². The highest BCUT2D eigenvalue weighted by Gasteiger charge is 2.14. The fourth-order valence-corrected chi connectivity index (χ4v) is 2.42. The molecule has 122 valence electrons. The number of amides is 2. The second kappa shape index (κ2) is 9.23. The maximum Gasteiger partial charge on any atom is 0.251 e. The first kappa shape index (κ1) is 18.2. The minimum atomic E-state index is -0.0705. The number of nitrogens with one attached hydrogen (secondary N) is 2. The second-order valence-electron chi connectivity index (χ2n) is 5.74. The summed E-state index contributed by atoms with van der Waals surface area (Å²) >= 11 is 0. The molecule has 0 bridgehead atoms. The van der Waals surface area contributed by atoms with Crippen molar-refractivity contribution in [2.24, 2.45) is 5.92 Å². The monoisotopic (exact) mass is 304 g/mol. The van der Waals surface area contributed by atoms with Gasteiger partial charge in [-0.3, -0.25) is 9.59 Å². The molecule has 4 nitrogen and oxygen atoms in total. The molecular weight excluding hydrogens is 276 g/mol. The Morgan fingerprint density at radius 1 is 1.05 bits per heavy atom. The summed E-state index contributed by atoms with van der Waals surface area (Å²) in [5.74, 6) is 0.00968. The Morgan fingerprint density at radius 2 is 1.64 bits per heavy atom. The zero-order valence-electron chi connectivity index (χ0n) is 14.1. The van der Waals surface area contributed by atoms with Crippen molar-refractivity contribution >= 4 is 17.5 Å². The zero-order valence-corrected chi connectivity index (χ0v) is 14.1. The van der Waals surface area contributed by atoms with E-state index in [0.29, 0.717) is 5.56 Å². The van der Waals surface area contributed by atoms with Gasteiger partial charge >= 0.3 is 0 Å². The Balaban J connectivity index is 2.62. The topological polar surface area (TPSA) is 58.2 Å². The van der Waals surface area contributed by atoms with Crippen LogP contribution in [-0.2, 0) is 4.79 Å². The summed E-state index contributed by atoms with van der Waals surface area (Å²) in [5.41, 5.74) is 1.35. The number of rotatable bonds is 8. The summed E-state index contributed by atoms with van der Waals surface area (Å²) in [6, 6.07) is 7.22. The van der Waals surface area contributed by atoms with E-state index in [2.05, 4.69) is 17.6 Å². The van der Waals surface area contributed by atoms with Crippen molar-refractivity contribution in [2.45, 2.75) is 59.4 Å². The molecule has 0 radical (unpaired) electrons. The summed E-state index contributed by atoms with van der Waals surface area (Å²) in [7, 11) is 0. The zero-order chi connectivity index (χ0) is 16.5. The lowest BCUT2D eigenvalue weighted by Crippen LogP contribution is -2.32. The van der Waals surface area contributed by atoms with Gasteiger partial charge in [0.2, 0.25) is 5.91 Å². The van der Waals surface area contributed by atoms with E-state index in [-0.39, 0.29) is 23.8 Å². The van der Waals surface area contributed by atoms with Gasteiger partial charge < -0.3 is 10.6 Å². The normalized spacial score (nSPS) is 12.0. The maximum atomic E-state index is 12.1. The van der Waals surface area contributed by atoms with Crippen molar-refractivity contribution in [3.05, 3.63) is 29.8 Å². The lowest BCUT2D eigenvalue weighted by Gasteiger charge is -2.14. The minimum absolute atomic E-state index is 0.0397. The molecular formula is C18H28N2O2. The third-order valence-electron chi connectivity index (χ3n) is 3.87. The van der Waals surface area contributed by atoms with Gasteiger partial charge in [-0.1, -0.05) is 27.2 Å². The first-order valence-electron chi connectivity index (χ1n) is 8.23. The fourth-order valence-electron chi connectivity index (χ4n) is 2.42. The molecule has 0 aliphatic heterocycles. The Bertz CT molecular complexity index is 478. The standard InChI is InChI=1S/C18H28N2O2/c1-5-8-13(4)19-18(22)15-9-11-16(12-10-15)20-17(21)14(6-2)7-3/h9-14H,5-8H2,1-4H3,(H,19,22)(H,20,21). The summed E-state index contributed by atoms with van der Waals surface area (Å²) in [6.07, 6.45) is 3.67. The number of hydrogen-bond acceptors (Lipinski definition) is 2. The lowest BCUT2D eigenvalue weighted by molar-refractivity contribution is -0.120. The highest BCUT2D eigenvalue weighted by molar-refractivity contribution is 5.96. The van der Waals surface area contributed by atoms with Gasteiger partial charge in [-0.15, -0.1) is 0 Å². The van der Waals surface area contributed by atoms with Gasteiger partial charge in [0.25, 0.3) is 5.91 Å². The van der Waals surface area contributed by atoms with Gasteiger partial charge in [0.1, 0.15) is 0 Å². The van der Waals surface area contributed by atoms with Crippen LogP contribution in [-0.4, -0.2) is 17.9 Å². The molecule has 0 fully saturated rings. The molecule has 1 aromatic carbocycles. The molecule has 0 spiro atoms. The van der Waals surface area contributed by atoms with Gasteiger partial charge in [-0.2, -0.15) is 0 Å². The molecule has 1 atom stereocenters. The molecule has 22 heavy (non-hydrogen) atoms. The number of hydrogen-bond donors (Lipinski definition) is 2. The highest BCUT2D eigenvalue weighted by atomic mass is 16.2. The van der Waals surface area contributed by atoms with E-state index in [4.69, 9.17) is 0 Å². The van der Waals surface area contributed by atoms with E-state index in [9.17, 15) is 9.59 Å². The fraction of sp³-hybridized carbons (Fsp3) is 0.556. The van der Waals surface area contributed by atoms with Gasteiger partial charge in [0.15, 0.2) is 0 Å². The molecule has 4 heteroatoms. The second-order valence-corrected chi connectivity index (χ2v) is 5.74. The van der Waals surface area contributed by atoms with Gasteiger partial charge in [-0.25, -0.2) is 0 Å².